The molecule has 8 heteroatoms. The molecule has 0 saturated carbocycles. The van der Waals surface area contributed by atoms with E-state index in [1.165, 1.54) is 6.20 Å². The summed E-state index contributed by atoms with van der Waals surface area (Å²) >= 11 is 0. The van der Waals surface area contributed by atoms with E-state index in [9.17, 15) is 14.4 Å². The van der Waals surface area contributed by atoms with Crippen LogP contribution in [0, 0.1) is 0 Å². The van der Waals surface area contributed by atoms with Gasteiger partial charge < -0.3 is 10.2 Å². The van der Waals surface area contributed by atoms with Crippen LogP contribution >= 0.6 is 0 Å². The van der Waals surface area contributed by atoms with Crippen LogP contribution in [0.4, 0.5) is 5.69 Å². The third kappa shape index (κ3) is 4.86. The number of fused-ring (bicyclic) bond motifs is 1. The molecule has 166 valence electrons. The normalized spacial score (nSPS) is 14.5. The molecule has 1 saturated heterocycles. The predicted octanol–water partition coefficient (Wildman–Crippen LogP) is 1.74. The van der Waals surface area contributed by atoms with Gasteiger partial charge in [0.05, 0.1) is 18.3 Å². The summed E-state index contributed by atoms with van der Waals surface area (Å²) in [6, 6.07) is 15.0. The number of aryl methyl sites for hydroxylation is 1. The Labute approximate surface area is 186 Å². The van der Waals surface area contributed by atoms with E-state index in [4.69, 9.17) is 0 Å². The molecule has 8 nitrogen and oxygen atoms in total. The molecule has 1 aliphatic rings. The second-order valence-corrected chi connectivity index (χ2v) is 7.90. The fraction of sp³-hybridized carbons (Fsp3) is 0.333. The van der Waals surface area contributed by atoms with Gasteiger partial charge in [0.2, 0.25) is 17.2 Å². The molecule has 1 N–H and O–H groups in total. The molecule has 0 aliphatic carbocycles. The lowest BCUT2D eigenvalue weighted by Gasteiger charge is -2.34. The number of aromatic nitrogens is 2. The number of carbonyl (C=O) groups excluding carboxylic acids is 2. The summed E-state index contributed by atoms with van der Waals surface area (Å²) in [6.45, 7) is 4.80. The summed E-state index contributed by atoms with van der Waals surface area (Å²) in [5.41, 5.74) is 2.46. The van der Waals surface area contributed by atoms with E-state index in [-0.39, 0.29) is 23.8 Å². The van der Waals surface area contributed by atoms with Gasteiger partial charge in [0, 0.05) is 37.3 Å². The van der Waals surface area contributed by atoms with Gasteiger partial charge in [-0.25, -0.2) is 0 Å². The van der Waals surface area contributed by atoms with E-state index in [1.807, 2.05) is 30.3 Å². The molecule has 1 fully saturated rings. The summed E-state index contributed by atoms with van der Waals surface area (Å²) in [4.78, 5) is 41.1. The van der Waals surface area contributed by atoms with Gasteiger partial charge in [-0.1, -0.05) is 37.3 Å². The first kappa shape index (κ1) is 21.7. The Kier molecular flexibility index (Phi) is 6.61. The molecular weight excluding hydrogens is 406 g/mol. The van der Waals surface area contributed by atoms with Crippen LogP contribution in [0.3, 0.4) is 0 Å². The Balaban J connectivity index is 1.31. The average Bonchev–Trinajstić information content (AvgIpc) is 2.82. The fourth-order valence-electron chi connectivity index (χ4n) is 4.01. The highest BCUT2D eigenvalue weighted by molar-refractivity contribution is 5.93. The largest absolute Gasteiger partial charge is 0.339 e. The number of nitrogens with zero attached hydrogens (tertiary/aromatic N) is 4. The van der Waals surface area contributed by atoms with Crippen LogP contribution in [0.25, 0.3) is 10.9 Å². The van der Waals surface area contributed by atoms with Crippen LogP contribution in [-0.4, -0.2) is 64.1 Å². The highest BCUT2D eigenvalue weighted by Crippen LogP contribution is 2.15. The Morgan fingerprint density at radius 2 is 1.69 bits per heavy atom. The third-order valence-corrected chi connectivity index (χ3v) is 5.81. The van der Waals surface area contributed by atoms with Crippen molar-refractivity contribution in [3.63, 3.8) is 0 Å². The van der Waals surface area contributed by atoms with Crippen molar-refractivity contribution in [2.75, 3.05) is 38.0 Å². The maximum Gasteiger partial charge on any atom is 0.244 e. The van der Waals surface area contributed by atoms with Crippen LogP contribution in [-0.2, 0) is 22.6 Å². The average molecular weight is 434 g/mol. The number of piperazine rings is 1. The topological polar surface area (TPSA) is 87.5 Å². The van der Waals surface area contributed by atoms with E-state index in [0.717, 1.165) is 17.7 Å². The maximum absolute atomic E-state index is 12.8. The summed E-state index contributed by atoms with van der Waals surface area (Å²) in [5.74, 6) is -0.0955. The molecule has 0 atom stereocenters. The molecule has 32 heavy (non-hydrogen) atoms. The molecule has 2 amide bonds. The SMILES string of the molecule is CCc1ccccc1NC(=O)CN1CCN(C(=O)Cn2ncc(=O)c3ccccc32)CC1. The zero-order valence-corrected chi connectivity index (χ0v) is 18.2. The van der Waals surface area contributed by atoms with Crippen molar-refractivity contribution in [2.24, 2.45) is 0 Å². The highest BCUT2D eigenvalue weighted by Gasteiger charge is 2.23. The van der Waals surface area contributed by atoms with Gasteiger partial charge in [0.25, 0.3) is 0 Å². The first-order chi connectivity index (χ1) is 15.5. The maximum atomic E-state index is 12.8. The van der Waals surface area contributed by atoms with Crippen molar-refractivity contribution >= 4 is 28.4 Å². The zero-order valence-electron chi connectivity index (χ0n) is 18.2. The van der Waals surface area contributed by atoms with Crippen molar-refractivity contribution < 1.29 is 9.59 Å². The van der Waals surface area contributed by atoms with Crippen LogP contribution in [0.15, 0.2) is 59.5 Å². The Morgan fingerprint density at radius 1 is 0.969 bits per heavy atom. The first-order valence-electron chi connectivity index (χ1n) is 10.9. The van der Waals surface area contributed by atoms with E-state index in [2.05, 4.69) is 22.2 Å². The predicted molar refractivity (Wildman–Crippen MR) is 123 cm³/mol. The minimum absolute atomic E-state index is 0.0467. The van der Waals surface area contributed by atoms with Crippen LogP contribution < -0.4 is 10.7 Å². The fourth-order valence-corrected chi connectivity index (χ4v) is 4.01. The van der Waals surface area contributed by atoms with Crippen molar-refractivity contribution in [3.05, 3.63) is 70.5 Å². The lowest BCUT2D eigenvalue weighted by molar-refractivity contribution is -0.133. The Bertz CT molecular complexity index is 1180. The van der Waals surface area contributed by atoms with E-state index in [0.29, 0.717) is 43.6 Å². The minimum Gasteiger partial charge on any atom is -0.339 e. The third-order valence-electron chi connectivity index (χ3n) is 5.81. The Hall–Kier alpha value is -3.52. The van der Waals surface area contributed by atoms with Gasteiger partial charge in [-0.2, -0.15) is 5.10 Å². The molecule has 0 radical (unpaired) electrons. The van der Waals surface area contributed by atoms with Gasteiger partial charge in [0.15, 0.2) is 0 Å². The van der Waals surface area contributed by atoms with Crippen LogP contribution in [0.5, 0.6) is 0 Å². The number of carbonyl (C=O) groups is 2. The Morgan fingerprint density at radius 3 is 2.47 bits per heavy atom. The van der Waals surface area contributed by atoms with Crippen LogP contribution in [0.1, 0.15) is 12.5 Å². The van der Waals surface area contributed by atoms with Crippen molar-refractivity contribution in [2.45, 2.75) is 19.9 Å². The standard InChI is InChI=1S/C24H27N5O3/c1-2-18-7-3-5-9-20(18)26-23(31)16-27-11-13-28(14-12-27)24(32)17-29-21-10-6-4-8-19(21)22(30)15-25-29/h3-10,15H,2,11-14,16-17H2,1H3,(H,26,31). The highest BCUT2D eigenvalue weighted by atomic mass is 16.2. The number of hydrogen-bond acceptors (Lipinski definition) is 5. The molecule has 0 spiro atoms. The summed E-state index contributed by atoms with van der Waals surface area (Å²) < 4.78 is 1.57. The number of hydrogen-bond donors (Lipinski definition) is 1. The van der Waals surface area contributed by atoms with Crippen molar-refractivity contribution in [1.82, 2.24) is 19.6 Å². The lowest BCUT2D eigenvalue weighted by atomic mass is 10.1. The summed E-state index contributed by atoms with van der Waals surface area (Å²) in [7, 11) is 0. The number of amides is 2. The van der Waals surface area contributed by atoms with Crippen molar-refractivity contribution in [1.29, 1.82) is 0 Å². The van der Waals surface area contributed by atoms with Gasteiger partial charge in [-0.05, 0) is 30.2 Å². The zero-order chi connectivity index (χ0) is 22.5. The van der Waals surface area contributed by atoms with Gasteiger partial charge in [0.1, 0.15) is 6.54 Å². The van der Waals surface area contributed by atoms with Gasteiger partial charge in [-0.15, -0.1) is 0 Å². The first-order valence-corrected chi connectivity index (χ1v) is 10.9. The number of benzene rings is 2. The summed E-state index contributed by atoms with van der Waals surface area (Å²) in [5, 5.41) is 7.69. The monoisotopic (exact) mass is 433 g/mol. The number of rotatable bonds is 6. The van der Waals surface area contributed by atoms with E-state index >= 15 is 0 Å². The molecule has 2 aromatic carbocycles. The summed E-state index contributed by atoms with van der Waals surface area (Å²) in [6.07, 6.45) is 2.11. The molecular formula is C24H27N5O3. The van der Waals surface area contributed by atoms with Gasteiger partial charge >= 0.3 is 0 Å². The van der Waals surface area contributed by atoms with E-state index < -0.39 is 0 Å². The second kappa shape index (κ2) is 9.74. The molecule has 2 heterocycles. The minimum atomic E-state index is -0.155. The molecule has 4 rings (SSSR count). The number of para-hydroxylation sites is 2. The van der Waals surface area contributed by atoms with Crippen molar-refractivity contribution in [3.8, 4) is 0 Å². The lowest BCUT2D eigenvalue weighted by Crippen LogP contribution is -2.51. The molecule has 0 bridgehead atoms. The second-order valence-electron chi connectivity index (χ2n) is 7.90. The molecule has 0 unspecified atom stereocenters. The molecule has 3 aromatic rings. The quantitative estimate of drug-likeness (QED) is 0.640. The smallest absolute Gasteiger partial charge is 0.244 e. The molecule has 1 aliphatic heterocycles. The van der Waals surface area contributed by atoms with E-state index in [1.54, 1.807) is 27.8 Å². The van der Waals surface area contributed by atoms with Crippen LogP contribution in [0.2, 0.25) is 0 Å². The number of anilines is 1. The van der Waals surface area contributed by atoms with Gasteiger partial charge in [-0.3, -0.25) is 24.0 Å². The number of nitrogens with one attached hydrogen (secondary N) is 1. The molecule has 1 aromatic heterocycles.